The lowest BCUT2D eigenvalue weighted by molar-refractivity contribution is -0.114. The maximum Gasteiger partial charge on any atom is 0.258 e. The van der Waals surface area contributed by atoms with Gasteiger partial charge in [-0.2, -0.15) is 0 Å². The van der Waals surface area contributed by atoms with Gasteiger partial charge in [0.2, 0.25) is 0 Å². The van der Waals surface area contributed by atoms with Gasteiger partial charge in [-0.25, -0.2) is 4.98 Å². The Labute approximate surface area is 164 Å². The van der Waals surface area contributed by atoms with Gasteiger partial charge in [-0.3, -0.25) is 14.9 Å². The lowest BCUT2D eigenvalue weighted by Gasteiger charge is -2.17. The fraction of sp³-hybridized carbons (Fsp3) is 0.0500. The van der Waals surface area contributed by atoms with Crippen LogP contribution in [0.4, 0.5) is 0 Å². The van der Waals surface area contributed by atoms with Crippen LogP contribution in [0.25, 0.3) is 11.6 Å². The number of imide groups is 1. The molecule has 0 atom stereocenters. The Hall–Kier alpha value is -2.96. The van der Waals surface area contributed by atoms with Crippen molar-refractivity contribution in [2.45, 2.75) is 6.61 Å². The molecule has 1 N–H and O–H groups in total. The molecule has 0 radical (unpaired) electrons. The van der Waals surface area contributed by atoms with Crippen molar-refractivity contribution in [1.82, 2.24) is 10.3 Å². The Morgan fingerprint density at radius 1 is 1.04 bits per heavy atom. The predicted octanol–water partition coefficient (Wildman–Crippen LogP) is 4.19. The topological polar surface area (TPSA) is 68.3 Å². The lowest BCUT2D eigenvalue weighted by Crippen LogP contribution is -2.36. The van der Waals surface area contributed by atoms with Gasteiger partial charge in [0.05, 0.1) is 5.69 Å². The van der Waals surface area contributed by atoms with Crippen LogP contribution in [-0.4, -0.2) is 16.8 Å². The van der Waals surface area contributed by atoms with Crippen LogP contribution in [0.3, 0.4) is 0 Å². The van der Waals surface area contributed by atoms with Gasteiger partial charge >= 0.3 is 0 Å². The Morgan fingerprint density at radius 3 is 2.56 bits per heavy atom. The first-order valence-corrected chi connectivity index (χ1v) is 9.35. The summed E-state index contributed by atoms with van der Waals surface area (Å²) in [5, 5.41) is 5.63. The van der Waals surface area contributed by atoms with E-state index in [2.05, 4.69) is 10.3 Å². The highest BCUT2D eigenvalue weighted by Crippen LogP contribution is 2.26. The normalized spacial score (nSPS) is 14.8. The molecule has 0 unspecified atom stereocenters. The van der Waals surface area contributed by atoms with Crippen molar-refractivity contribution in [3.8, 4) is 5.75 Å². The Balaban J connectivity index is 1.55. The largest absolute Gasteiger partial charge is 0.486 e. The first-order chi connectivity index (χ1) is 13.1. The second kappa shape index (κ2) is 7.34. The molecule has 0 fully saturated rings. The molecule has 0 saturated heterocycles. The minimum atomic E-state index is -0.425. The van der Waals surface area contributed by atoms with Crippen molar-refractivity contribution < 1.29 is 14.3 Å². The molecule has 2 heterocycles. The summed E-state index contributed by atoms with van der Waals surface area (Å²) in [4.78, 5) is 28.7. The molecule has 0 aliphatic carbocycles. The van der Waals surface area contributed by atoms with E-state index >= 15 is 0 Å². The average molecular weight is 397 g/mol. The van der Waals surface area contributed by atoms with Crippen molar-refractivity contribution in [3.63, 3.8) is 0 Å². The first-order valence-electron chi connectivity index (χ1n) is 8.10. The molecule has 0 bridgehead atoms. The number of rotatable bonds is 4. The fourth-order valence-electron chi connectivity index (χ4n) is 2.70. The van der Waals surface area contributed by atoms with E-state index in [0.29, 0.717) is 39.8 Å². The molecule has 27 heavy (non-hydrogen) atoms. The van der Waals surface area contributed by atoms with Crippen molar-refractivity contribution in [3.05, 3.63) is 80.8 Å². The number of nitrogens with one attached hydrogen (secondary N) is 1. The molecule has 1 aliphatic rings. The van der Waals surface area contributed by atoms with Crippen LogP contribution in [0, 0.1) is 0 Å². The van der Waals surface area contributed by atoms with Gasteiger partial charge in [-0.1, -0.05) is 29.8 Å². The molecule has 134 valence electrons. The highest BCUT2D eigenvalue weighted by Gasteiger charge is 2.26. The van der Waals surface area contributed by atoms with Gasteiger partial charge in [-0.15, -0.1) is 11.3 Å². The number of aromatic nitrogens is 1. The number of thiazole rings is 1. The summed E-state index contributed by atoms with van der Waals surface area (Å²) in [7, 11) is 0. The van der Waals surface area contributed by atoms with E-state index in [1.807, 2.05) is 5.38 Å². The molecule has 2 amide bonds. The van der Waals surface area contributed by atoms with Crippen LogP contribution in [-0.2, 0) is 11.4 Å². The molecular formula is C20H13ClN2O3S. The number of amides is 2. The molecule has 1 aromatic heterocycles. The van der Waals surface area contributed by atoms with Crippen LogP contribution < -0.4 is 10.1 Å². The maximum absolute atomic E-state index is 12.3. The smallest absolute Gasteiger partial charge is 0.258 e. The molecule has 1 aliphatic heterocycles. The van der Waals surface area contributed by atoms with Gasteiger partial charge in [0.15, 0.2) is 0 Å². The fourth-order valence-corrected chi connectivity index (χ4v) is 3.49. The van der Waals surface area contributed by atoms with Gasteiger partial charge in [-0.05, 0) is 36.4 Å². The standard InChI is InChI=1S/C20H13ClN2O3S/c21-12-5-7-14(8-6-12)26-10-18-22-13(11-27-18)9-17-15-3-1-2-4-16(15)19(24)23-20(17)25/h1-9,11H,10H2,(H,23,24,25). The van der Waals surface area contributed by atoms with Gasteiger partial charge in [0.1, 0.15) is 17.4 Å². The number of carbonyl (C=O) groups is 2. The summed E-state index contributed by atoms with van der Waals surface area (Å²) >= 11 is 7.29. The molecule has 0 spiro atoms. The average Bonchev–Trinajstić information content (AvgIpc) is 3.12. The van der Waals surface area contributed by atoms with Crippen molar-refractivity contribution in [1.29, 1.82) is 0 Å². The number of benzene rings is 2. The summed E-state index contributed by atoms with van der Waals surface area (Å²) < 4.78 is 5.69. The molecular weight excluding hydrogens is 384 g/mol. The van der Waals surface area contributed by atoms with Gasteiger partial charge in [0.25, 0.3) is 11.8 Å². The van der Waals surface area contributed by atoms with Gasteiger partial charge in [0, 0.05) is 27.1 Å². The predicted molar refractivity (Wildman–Crippen MR) is 105 cm³/mol. The minimum Gasteiger partial charge on any atom is -0.486 e. The zero-order valence-electron chi connectivity index (χ0n) is 13.9. The van der Waals surface area contributed by atoms with Crippen LogP contribution in [0.2, 0.25) is 5.02 Å². The number of carbonyl (C=O) groups excluding carboxylic acids is 2. The van der Waals surface area contributed by atoms with Crippen molar-refractivity contribution in [2.24, 2.45) is 0 Å². The highest BCUT2D eigenvalue weighted by molar-refractivity contribution is 7.09. The second-order valence-electron chi connectivity index (χ2n) is 5.80. The summed E-state index contributed by atoms with van der Waals surface area (Å²) in [6.07, 6.45) is 1.68. The zero-order valence-corrected chi connectivity index (χ0v) is 15.5. The van der Waals surface area contributed by atoms with E-state index in [-0.39, 0.29) is 5.91 Å². The number of nitrogens with zero attached hydrogens (tertiary/aromatic N) is 1. The molecule has 5 nitrogen and oxygen atoms in total. The van der Waals surface area contributed by atoms with Crippen LogP contribution >= 0.6 is 22.9 Å². The van der Waals surface area contributed by atoms with Crippen molar-refractivity contribution >= 4 is 46.4 Å². The van der Waals surface area contributed by atoms with Crippen LogP contribution in [0.1, 0.15) is 26.6 Å². The van der Waals surface area contributed by atoms with Crippen LogP contribution in [0.15, 0.2) is 53.9 Å². The minimum absolute atomic E-state index is 0.316. The SMILES string of the molecule is O=C1NC(=O)c2ccccc2C1=Cc1csc(COc2ccc(Cl)cc2)n1. The number of hydrogen-bond donors (Lipinski definition) is 1. The lowest BCUT2D eigenvalue weighted by atomic mass is 9.94. The van der Waals surface area contributed by atoms with Crippen molar-refractivity contribution in [2.75, 3.05) is 0 Å². The first kappa shape index (κ1) is 17.5. The summed E-state index contributed by atoms with van der Waals surface area (Å²) in [5.41, 5.74) is 2.15. The summed E-state index contributed by atoms with van der Waals surface area (Å²) in [6.45, 7) is 0.316. The van der Waals surface area contributed by atoms with E-state index in [1.54, 1.807) is 54.6 Å². The number of fused-ring (bicyclic) bond motifs is 1. The van der Waals surface area contributed by atoms with Gasteiger partial charge < -0.3 is 4.74 Å². The molecule has 4 rings (SSSR count). The second-order valence-corrected chi connectivity index (χ2v) is 7.17. The Morgan fingerprint density at radius 2 is 1.78 bits per heavy atom. The Bertz CT molecular complexity index is 1060. The number of hydrogen-bond acceptors (Lipinski definition) is 5. The zero-order chi connectivity index (χ0) is 18.8. The number of ether oxygens (including phenoxy) is 1. The van der Waals surface area contributed by atoms with E-state index in [9.17, 15) is 9.59 Å². The van der Waals surface area contributed by atoms with E-state index in [1.165, 1.54) is 11.3 Å². The van der Waals surface area contributed by atoms with E-state index in [0.717, 1.165) is 5.01 Å². The quantitative estimate of drug-likeness (QED) is 0.530. The highest BCUT2D eigenvalue weighted by atomic mass is 35.5. The third kappa shape index (κ3) is 3.77. The Kier molecular flexibility index (Phi) is 4.75. The molecule has 0 saturated carbocycles. The summed E-state index contributed by atoms with van der Waals surface area (Å²) in [5.74, 6) is -0.109. The van der Waals surface area contributed by atoms with E-state index < -0.39 is 5.91 Å². The third-order valence-electron chi connectivity index (χ3n) is 3.97. The molecule has 3 aromatic rings. The third-order valence-corrected chi connectivity index (χ3v) is 5.06. The maximum atomic E-state index is 12.3. The summed E-state index contributed by atoms with van der Waals surface area (Å²) in [6, 6.07) is 14.1. The van der Waals surface area contributed by atoms with E-state index in [4.69, 9.17) is 16.3 Å². The number of halogens is 1. The molecule has 2 aromatic carbocycles. The molecule has 7 heteroatoms. The monoisotopic (exact) mass is 396 g/mol. The van der Waals surface area contributed by atoms with Crippen LogP contribution in [0.5, 0.6) is 5.75 Å².